The van der Waals surface area contributed by atoms with Gasteiger partial charge in [0.1, 0.15) is 36.3 Å². The molecule has 4 N–H and O–H groups in total. The van der Waals surface area contributed by atoms with Crippen LogP contribution in [-0.2, 0) is 6.42 Å². The molecule has 4 rings (SSSR count). The number of aliphatic hydroxyl groups excluding tert-OH is 1. The van der Waals surface area contributed by atoms with Crippen LogP contribution >= 0.6 is 0 Å². The number of benzene rings is 1. The molecule has 214 valence electrons. The predicted octanol–water partition coefficient (Wildman–Crippen LogP) is 5.99. The molecule has 1 fully saturated rings. The molecule has 3 aliphatic rings. The number of phenolic OH excluding ortho intramolecular Hbond substituents is 1. The summed E-state index contributed by atoms with van der Waals surface area (Å²) < 4.78 is 11.3. The van der Waals surface area contributed by atoms with Gasteiger partial charge in [0.15, 0.2) is 17.2 Å². The van der Waals surface area contributed by atoms with Crippen molar-refractivity contribution in [2.45, 2.75) is 97.2 Å². The fraction of sp³-hybridized carbons (Fsp3) is 0.606. The highest BCUT2D eigenvalue weighted by atomic mass is 16.5. The molecule has 0 aromatic heterocycles. The summed E-state index contributed by atoms with van der Waals surface area (Å²) in [5.41, 5.74) is 2.13. The lowest BCUT2D eigenvalue weighted by Crippen LogP contribution is -2.33. The van der Waals surface area contributed by atoms with E-state index in [1.807, 2.05) is 18.3 Å². The van der Waals surface area contributed by atoms with Crippen LogP contribution in [0, 0.1) is 23.4 Å². The van der Waals surface area contributed by atoms with Crippen LogP contribution in [0.3, 0.4) is 0 Å². The van der Waals surface area contributed by atoms with Gasteiger partial charge in [-0.2, -0.15) is 0 Å². The number of hydrogen-bond acceptors (Lipinski definition) is 5. The van der Waals surface area contributed by atoms with Crippen molar-refractivity contribution in [1.29, 1.82) is 0 Å². The summed E-state index contributed by atoms with van der Waals surface area (Å²) in [5.74, 6) is 2.29. The number of aryl methyl sites for hydroxylation is 1. The van der Waals surface area contributed by atoms with Gasteiger partial charge in [-0.1, -0.05) is 38.7 Å². The molecule has 2 heterocycles. The van der Waals surface area contributed by atoms with Gasteiger partial charge >= 0.3 is 0 Å². The number of ether oxygens (including phenoxy) is 2. The van der Waals surface area contributed by atoms with Crippen molar-refractivity contribution in [3.63, 3.8) is 0 Å². The van der Waals surface area contributed by atoms with Gasteiger partial charge in [0.2, 0.25) is 0 Å². The van der Waals surface area contributed by atoms with Crippen molar-refractivity contribution in [2.75, 3.05) is 19.7 Å². The number of unbranched alkanes of at least 4 members (excludes halogenated alkanes) is 1. The summed E-state index contributed by atoms with van der Waals surface area (Å²) in [6.07, 6.45) is 20.8. The Morgan fingerprint density at radius 2 is 2.05 bits per heavy atom. The first-order valence-electron chi connectivity index (χ1n) is 15.1. The molecule has 1 saturated carbocycles. The Morgan fingerprint density at radius 1 is 1.23 bits per heavy atom. The Balaban J connectivity index is 1.35. The van der Waals surface area contributed by atoms with Crippen LogP contribution in [0.5, 0.6) is 11.5 Å². The van der Waals surface area contributed by atoms with Crippen molar-refractivity contribution < 1.29 is 19.7 Å². The Morgan fingerprint density at radius 3 is 2.82 bits per heavy atom. The van der Waals surface area contributed by atoms with E-state index in [-0.39, 0.29) is 17.3 Å². The average molecular weight is 538 g/mol. The molecule has 39 heavy (non-hydrogen) atoms. The number of aromatic hydroxyl groups is 1. The number of nitrogens with zero attached hydrogens (tertiary/aromatic N) is 1. The Hall–Kier alpha value is -2.41. The second-order valence-corrected chi connectivity index (χ2v) is 11.8. The quantitative estimate of drug-likeness (QED) is 0.189. The number of nitrogens with one attached hydrogen (secondary N) is 1. The summed E-state index contributed by atoms with van der Waals surface area (Å²) >= 11 is 0. The van der Waals surface area contributed by atoms with Gasteiger partial charge in [0, 0.05) is 19.5 Å². The molecule has 1 aliphatic carbocycles. The molecule has 0 saturated heterocycles. The monoisotopic (exact) mass is 537 g/mol. The summed E-state index contributed by atoms with van der Waals surface area (Å²) in [6.45, 7) is 8.13. The largest absolute Gasteiger partial charge is 0.504 e. The number of allylic oxidation sites excluding steroid dienone is 1. The van der Waals surface area contributed by atoms with Gasteiger partial charge in [-0.05, 0) is 63.6 Å². The van der Waals surface area contributed by atoms with E-state index in [0.717, 1.165) is 62.8 Å². The third-order valence-corrected chi connectivity index (χ3v) is 8.36. The fourth-order valence-corrected chi connectivity index (χ4v) is 5.83. The van der Waals surface area contributed by atoms with Crippen LogP contribution in [-0.4, -0.2) is 53.1 Å². The third kappa shape index (κ3) is 8.29. The van der Waals surface area contributed by atoms with Gasteiger partial charge in [-0.15, -0.1) is 17.1 Å². The van der Waals surface area contributed by atoms with Gasteiger partial charge in [0.25, 0.3) is 0 Å². The van der Waals surface area contributed by atoms with E-state index in [4.69, 9.17) is 14.5 Å². The van der Waals surface area contributed by atoms with Crippen LogP contribution in [0.25, 0.3) is 0 Å². The van der Waals surface area contributed by atoms with Crippen molar-refractivity contribution in [3.8, 4) is 11.5 Å². The van der Waals surface area contributed by atoms with Crippen molar-refractivity contribution in [3.05, 3.63) is 59.7 Å². The van der Waals surface area contributed by atoms with Gasteiger partial charge in [-0.3, -0.25) is 0 Å². The smallest absolute Gasteiger partial charge is 0.184 e. The SMILES string of the molecule is CCCCC1C=C[C-](CCc2ccc(O)c(OCC3(C4=C[C+](C(C)CNCC(C)O)C=N4)CCCCC3)c2)[OH+]1. The number of rotatable bonds is 15. The Bertz CT molecular complexity index is 995. The summed E-state index contributed by atoms with van der Waals surface area (Å²) in [6, 6.07) is 5.75. The standard InChI is InChI=1S/C33H48N2O4/c1-4-5-9-28-13-14-29(39-28)12-10-26-11-15-30(37)31(18-26)38-23-33(16-7-6-8-17-33)32-19-27(22-35-32)24(2)20-34-21-25(3)36/h11,13-15,18-19,22,24-25,28,34,36,39H,4-10,12,16-17,20-21,23H2,1-3H3/p+1. The first-order valence-corrected chi connectivity index (χ1v) is 15.1. The number of hydrogen-bond donors (Lipinski definition) is 3. The third-order valence-electron chi connectivity index (χ3n) is 8.36. The molecule has 0 bridgehead atoms. The average Bonchev–Trinajstić information content (AvgIpc) is 3.61. The van der Waals surface area contributed by atoms with Crippen LogP contribution < -0.4 is 10.1 Å². The summed E-state index contributed by atoms with van der Waals surface area (Å²) in [4.78, 5) is 4.89. The molecule has 1 aromatic carbocycles. The Kier molecular flexibility index (Phi) is 10.8. The normalized spacial score (nSPS) is 21.8. The van der Waals surface area contributed by atoms with Crippen LogP contribution in [0.15, 0.2) is 47.1 Å². The molecule has 0 amide bonds. The molecule has 2 aliphatic heterocycles. The number of aliphatic imine (C=N–C) groups is 1. The first-order chi connectivity index (χ1) is 18.9. The molecule has 3 unspecified atom stereocenters. The van der Waals surface area contributed by atoms with Gasteiger partial charge in [0.05, 0.1) is 18.1 Å². The van der Waals surface area contributed by atoms with Crippen LogP contribution in [0.4, 0.5) is 0 Å². The lowest BCUT2D eigenvalue weighted by molar-refractivity contribution is -0.0480. The van der Waals surface area contributed by atoms with Gasteiger partial charge < -0.3 is 25.0 Å². The van der Waals surface area contributed by atoms with Crippen molar-refractivity contribution >= 4 is 6.21 Å². The maximum Gasteiger partial charge on any atom is 0.184 e. The minimum Gasteiger partial charge on any atom is -0.504 e. The molecular weight excluding hydrogens is 488 g/mol. The van der Waals surface area contributed by atoms with E-state index in [9.17, 15) is 10.2 Å². The second kappa shape index (κ2) is 14.3. The van der Waals surface area contributed by atoms with E-state index in [0.29, 0.717) is 30.9 Å². The minimum absolute atomic E-state index is 0.136. The number of aliphatic hydroxyl groups is 3. The second-order valence-electron chi connectivity index (χ2n) is 11.8. The first kappa shape index (κ1) is 29.6. The van der Waals surface area contributed by atoms with E-state index < -0.39 is 0 Å². The van der Waals surface area contributed by atoms with Crippen LogP contribution in [0.2, 0.25) is 0 Å². The zero-order valence-electron chi connectivity index (χ0n) is 24.2. The number of phenols is 1. The highest BCUT2D eigenvalue weighted by Gasteiger charge is 2.45. The van der Waals surface area contributed by atoms with Crippen molar-refractivity contribution in [2.24, 2.45) is 16.3 Å². The molecule has 0 radical (unpaired) electrons. The summed E-state index contributed by atoms with van der Waals surface area (Å²) in [5, 5.41) is 23.5. The van der Waals surface area contributed by atoms with Crippen molar-refractivity contribution in [1.82, 2.24) is 5.32 Å². The molecule has 3 atom stereocenters. The Labute approximate surface area is 235 Å². The topological polar surface area (TPSA) is 86.9 Å². The zero-order chi connectivity index (χ0) is 27.7. The highest BCUT2D eigenvalue weighted by molar-refractivity contribution is 5.83. The zero-order valence-corrected chi connectivity index (χ0v) is 24.2. The molecule has 6 nitrogen and oxygen atoms in total. The maximum absolute atomic E-state index is 10.6. The predicted molar refractivity (Wildman–Crippen MR) is 159 cm³/mol. The lowest BCUT2D eigenvalue weighted by Gasteiger charge is -2.32. The summed E-state index contributed by atoms with van der Waals surface area (Å²) in [7, 11) is 0. The molecule has 1 aromatic rings. The van der Waals surface area contributed by atoms with E-state index in [1.54, 1.807) is 13.0 Å². The molecule has 6 heteroatoms. The van der Waals surface area contributed by atoms with Crippen LogP contribution in [0.1, 0.15) is 84.1 Å². The van der Waals surface area contributed by atoms with Gasteiger partial charge in [-0.25, -0.2) is 0 Å². The minimum atomic E-state index is -0.348. The van der Waals surface area contributed by atoms with E-state index in [1.165, 1.54) is 31.3 Å². The van der Waals surface area contributed by atoms with E-state index in [2.05, 4.69) is 37.4 Å². The molecule has 0 spiro atoms. The lowest BCUT2D eigenvalue weighted by atomic mass is 9.72. The highest BCUT2D eigenvalue weighted by Crippen LogP contribution is 2.46. The molecular formula is C33H49N2O4+. The fourth-order valence-electron chi connectivity index (χ4n) is 5.83. The van der Waals surface area contributed by atoms with E-state index >= 15 is 0 Å². The maximum atomic E-state index is 10.6.